The molecule has 2 aliphatic rings. The van der Waals surface area contributed by atoms with Crippen molar-refractivity contribution in [3.8, 4) is 11.5 Å². The quantitative estimate of drug-likeness (QED) is 0.676. The highest BCUT2D eigenvalue weighted by Gasteiger charge is 2.20. The summed E-state index contributed by atoms with van der Waals surface area (Å²) in [6.45, 7) is 6.45. The number of hydrogen-bond acceptors (Lipinski definition) is 9. The molecule has 28 heavy (non-hydrogen) atoms. The number of rotatable bonds is 8. The van der Waals surface area contributed by atoms with Gasteiger partial charge in [-0.1, -0.05) is 6.07 Å². The molecule has 1 N–H and O–H groups in total. The van der Waals surface area contributed by atoms with Crippen molar-refractivity contribution in [3.05, 3.63) is 30.0 Å². The standard InChI is InChI=1S/C19H26N6O3/c1-26-10-2-5-20-19-22-18(12-21-23-19)25-8-6-24(7-9-25)13-15-3-4-16-17(11-15)28-14-27-16/h3-4,11-12H,2,5-10,13-14H2,1H3,(H,20,22,23). The second-order valence-corrected chi connectivity index (χ2v) is 6.86. The van der Waals surface area contributed by atoms with Crippen molar-refractivity contribution >= 4 is 11.8 Å². The Morgan fingerprint density at radius 3 is 2.86 bits per heavy atom. The molecule has 0 saturated carbocycles. The van der Waals surface area contributed by atoms with Crippen LogP contribution in [-0.4, -0.2) is 73.3 Å². The maximum Gasteiger partial charge on any atom is 0.244 e. The van der Waals surface area contributed by atoms with Gasteiger partial charge in [0, 0.05) is 53.0 Å². The van der Waals surface area contributed by atoms with Crippen molar-refractivity contribution in [2.75, 3.05) is 63.5 Å². The Balaban J connectivity index is 1.28. The van der Waals surface area contributed by atoms with E-state index in [9.17, 15) is 0 Å². The molecule has 0 unspecified atom stereocenters. The van der Waals surface area contributed by atoms with E-state index in [2.05, 4.69) is 42.4 Å². The lowest BCUT2D eigenvalue weighted by Crippen LogP contribution is -2.46. The van der Waals surface area contributed by atoms with E-state index in [-0.39, 0.29) is 0 Å². The number of anilines is 2. The van der Waals surface area contributed by atoms with E-state index in [1.165, 1.54) is 5.56 Å². The molecule has 1 saturated heterocycles. The van der Waals surface area contributed by atoms with E-state index in [1.807, 2.05) is 6.07 Å². The number of benzene rings is 1. The minimum absolute atomic E-state index is 0.313. The van der Waals surface area contributed by atoms with E-state index >= 15 is 0 Å². The summed E-state index contributed by atoms with van der Waals surface area (Å²) < 4.78 is 15.9. The van der Waals surface area contributed by atoms with Crippen molar-refractivity contribution in [3.63, 3.8) is 0 Å². The van der Waals surface area contributed by atoms with Crippen LogP contribution < -0.4 is 19.7 Å². The average Bonchev–Trinajstić information content (AvgIpc) is 3.20. The number of methoxy groups -OCH3 is 1. The first-order valence-electron chi connectivity index (χ1n) is 9.60. The smallest absolute Gasteiger partial charge is 0.244 e. The fraction of sp³-hybridized carbons (Fsp3) is 0.526. The minimum Gasteiger partial charge on any atom is -0.454 e. The first kappa shape index (κ1) is 18.7. The van der Waals surface area contributed by atoms with Gasteiger partial charge in [0.15, 0.2) is 17.3 Å². The summed E-state index contributed by atoms with van der Waals surface area (Å²) in [7, 11) is 1.70. The highest BCUT2D eigenvalue weighted by molar-refractivity contribution is 5.44. The summed E-state index contributed by atoms with van der Waals surface area (Å²) in [5.41, 5.74) is 1.24. The summed E-state index contributed by atoms with van der Waals surface area (Å²) in [4.78, 5) is 9.29. The minimum atomic E-state index is 0.313. The van der Waals surface area contributed by atoms with Crippen LogP contribution in [0.1, 0.15) is 12.0 Å². The second-order valence-electron chi connectivity index (χ2n) is 6.86. The molecule has 0 atom stereocenters. The van der Waals surface area contributed by atoms with Crippen LogP contribution in [0.25, 0.3) is 0 Å². The van der Waals surface area contributed by atoms with E-state index in [1.54, 1.807) is 13.3 Å². The van der Waals surface area contributed by atoms with Crippen molar-refractivity contribution in [1.29, 1.82) is 0 Å². The maximum atomic E-state index is 5.47. The fourth-order valence-electron chi connectivity index (χ4n) is 3.37. The van der Waals surface area contributed by atoms with Crippen molar-refractivity contribution in [2.24, 2.45) is 0 Å². The van der Waals surface area contributed by atoms with Gasteiger partial charge in [0.25, 0.3) is 0 Å². The van der Waals surface area contributed by atoms with Gasteiger partial charge in [-0.15, -0.1) is 5.10 Å². The van der Waals surface area contributed by atoms with Gasteiger partial charge in [-0.05, 0) is 24.1 Å². The van der Waals surface area contributed by atoms with Crippen LogP contribution in [0.4, 0.5) is 11.8 Å². The fourth-order valence-corrected chi connectivity index (χ4v) is 3.37. The third kappa shape index (κ3) is 4.60. The lowest BCUT2D eigenvalue weighted by molar-refractivity contribution is 0.174. The van der Waals surface area contributed by atoms with Crippen LogP contribution in [0.15, 0.2) is 24.4 Å². The topological polar surface area (TPSA) is 84.9 Å². The Morgan fingerprint density at radius 2 is 2.00 bits per heavy atom. The van der Waals surface area contributed by atoms with E-state index < -0.39 is 0 Å². The molecule has 4 rings (SSSR count). The van der Waals surface area contributed by atoms with Crippen molar-refractivity contribution < 1.29 is 14.2 Å². The van der Waals surface area contributed by atoms with Crippen LogP contribution in [0.5, 0.6) is 11.5 Å². The maximum absolute atomic E-state index is 5.47. The van der Waals surface area contributed by atoms with Gasteiger partial charge in [0.1, 0.15) is 0 Å². The third-order valence-corrected chi connectivity index (χ3v) is 4.89. The summed E-state index contributed by atoms with van der Waals surface area (Å²) in [6.07, 6.45) is 2.64. The molecule has 1 aromatic heterocycles. The predicted octanol–water partition coefficient (Wildman–Crippen LogP) is 1.37. The predicted molar refractivity (Wildman–Crippen MR) is 105 cm³/mol. The SMILES string of the molecule is COCCCNc1nncc(N2CCN(Cc3ccc4c(c3)OCO4)CC2)n1. The molecule has 2 aromatic rings. The zero-order chi connectivity index (χ0) is 19.2. The summed E-state index contributed by atoms with van der Waals surface area (Å²) >= 11 is 0. The molecule has 0 aliphatic carbocycles. The molecule has 3 heterocycles. The number of piperazine rings is 1. The number of nitrogens with zero attached hydrogens (tertiary/aromatic N) is 5. The molecule has 0 radical (unpaired) electrons. The molecule has 1 fully saturated rings. The first-order valence-corrected chi connectivity index (χ1v) is 9.60. The van der Waals surface area contributed by atoms with Gasteiger partial charge in [-0.25, -0.2) is 0 Å². The molecule has 9 heteroatoms. The van der Waals surface area contributed by atoms with Gasteiger partial charge in [-0.3, -0.25) is 4.90 Å². The van der Waals surface area contributed by atoms with Crippen LogP contribution in [0.3, 0.4) is 0 Å². The highest BCUT2D eigenvalue weighted by atomic mass is 16.7. The van der Waals surface area contributed by atoms with Gasteiger partial charge in [-0.2, -0.15) is 10.1 Å². The Labute approximate surface area is 164 Å². The number of ether oxygens (including phenoxy) is 3. The van der Waals surface area contributed by atoms with E-state index in [0.717, 1.165) is 63.0 Å². The van der Waals surface area contributed by atoms with E-state index in [0.29, 0.717) is 19.3 Å². The summed E-state index contributed by atoms with van der Waals surface area (Å²) in [6, 6.07) is 6.17. The monoisotopic (exact) mass is 386 g/mol. The lowest BCUT2D eigenvalue weighted by atomic mass is 10.1. The van der Waals surface area contributed by atoms with Gasteiger partial charge < -0.3 is 24.4 Å². The molecule has 0 bridgehead atoms. The molecule has 1 aromatic carbocycles. The van der Waals surface area contributed by atoms with Gasteiger partial charge in [0.05, 0.1) is 6.20 Å². The Kier molecular flexibility index (Phi) is 6.03. The van der Waals surface area contributed by atoms with Crippen molar-refractivity contribution in [1.82, 2.24) is 20.1 Å². The first-order chi connectivity index (χ1) is 13.8. The number of hydrogen-bond donors (Lipinski definition) is 1. The van der Waals surface area contributed by atoms with E-state index in [4.69, 9.17) is 14.2 Å². The molecule has 150 valence electrons. The van der Waals surface area contributed by atoms with Crippen LogP contribution in [0.2, 0.25) is 0 Å². The Morgan fingerprint density at radius 1 is 1.14 bits per heavy atom. The third-order valence-electron chi connectivity index (χ3n) is 4.89. The van der Waals surface area contributed by atoms with Crippen LogP contribution in [0, 0.1) is 0 Å². The molecule has 2 aliphatic heterocycles. The zero-order valence-corrected chi connectivity index (χ0v) is 16.1. The molecule has 9 nitrogen and oxygen atoms in total. The van der Waals surface area contributed by atoms with Crippen LogP contribution in [-0.2, 0) is 11.3 Å². The summed E-state index contributed by atoms with van der Waals surface area (Å²) in [5, 5.41) is 11.3. The van der Waals surface area contributed by atoms with Crippen molar-refractivity contribution in [2.45, 2.75) is 13.0 Å². The number of nitrogens with one attached hydrogen (secondary N) is 1. The lowest BCUT2D eigenvalue weighted by Gasteiger charge is -2.35. The normalized spacial score (nSPS) is 16.4. The molecule has 0 amide bonds. The molecular formula is C19H26N6O3. The number of aromatic nitrogens is 3. The Hall–Kier alpha value is -2.65. The molecule has 0 spiro atoms. The molecular weight excluding hydrogens is 360 g/mol. The van der Waals surface area contributed by atoms with Gasteiger partial charge in [0.2, 0.25) is 12.7 Å². The average molecular weight is 386 g/mol. The van der Waals surface area contributed by atoms with Gasteiger partial charge >= 0.3 is 0 Å². The highest BCUT2D eigenvalue weighted by Crippen LogP contribution is 2.32. The Bertz CT molecular complexity index is 782. The second kappa shape index (κ2) is 9.03. The van der Waals surface area contributed by atoms with Crippen LogP contribution >= 0.6 is 0 Å². The number of fused-ring (bicyclic) bond motifs is 1. The largest absolute Gasteiger partial charge is 0.454 e. The summed E-state index contributed by atoms with van der Waals surface area (Å²) in [5.74, 6) is 3.11. The zero-order valence-electron chi connectivity index (χ0n) is 16.1.